The first kappa shape index (κ1) is 16.7. The number of nitrogens with one attached hydrogen (secondary N) is 1. The predicted molar refractivity (Wildman–Crippen MR) is 79.2 cm³/mol. The fourth-order valence-corrected chi connectivity index (χ4v) is 3.86. The monoisotopic (exact) mass is 330 g/mol. The minimum Gasteiger partial charge on any atom is -0.453 e. The fraction of sp³-hybridized carbons (Fsp3) is 0.500. The first-order chi connectivity index (χ1) is 10.4. The van der Waals surface area contributed by atoms with Crippen LogP contribution in [0, 0.1) is 5.82 Å². The number of hydrogen-bond acceptors (Lipinski definition) is 4. The molecule has 0 saturated carbocycles. The third kappa shape index (κ3) is 4.67. The van der Waals surface area contributed by atoms with Crippen molar-refractivity contribution < 1.29 is 22.3 Å². The zero-order chi connectivity index (χ0) is 16.2. The Morgan fingerprint density at radius 3 is 2.45 bits per heavy atom. The van der Waals surface area contributed by atoms with Gasteiger partial charge in [-0.15, -0.1) is 0 Å². The minimum atomic E-state index is -3.50. The van der Waals surface area contributed by atoms with Crippen LogP contribution < -0.4 is 4.72 Å². The van der Waals surface area contributed by atoms with Gasteiger partial charge in [-0.25, -0.2) is 22.3 Å². The number of ether oxygens (including phenoxy) is 1. The highest BCUT2D eigenvalue weighted by Crippen LogP contribution is 2.14. The van der Waals surface area contributed by atoms with E-state index in [-0.39, 0.29) is 11.8 Å². The van der Waals surface area contributed by atoms with Gasteiger partial charge >= 0.3 is 6.09 Å². The van der Waals surface area contributed by atoms with Crippen LogP contribution in [0.3, 0.4) is 0 Å². The Bertz CT molecular complexity index is 610. The van der Waals surface area contributed by atoms with Crippen LogP contribution in [0.15, 0.2) is 24.3 Å². The van der Waals surface area contributed by atoms with E-state index in [0.29, 0.717) is 31.5 Å². The van der Waals surface area contributed by atoms with E-state index in [0.717, 1.165) is 0 Å². The number of methoxy groups -OCH3 is 1. The van der Waals surface area contributed by atoms with Gasteiger partial charge in [-0.3, -0.25) is 0 Å². The Balaban J connectivity index is 1.88. The zero-order valence-electron chi connectivity index (χ0n) is 12.3. The number of carbonyl (C=O) groups is 1. The quantitative estimate of drug-likeness (QED) is 0.907. The number of carbonyl (C=O) groups excluding carboxylic acids is 1. The fourth-order valence-electron chi connectivity index (χ4n) is 2.40. The van der Waals surface area contributed by atoms with Crippen LogP contribution >= 0.6 is 0 Å². The summed E-state index contributed by atoms with van der Waals surface area (Å²) < 4.78 is 44.3. The van der Waals surface area contributed by atoms with Gasteiger partial charge in [0, 0.05) is 19.1 Å². The van der Waals surface area contributed by atoms with Crippen molar-refractivity contribution in [3.05, 3.63) is 35.6 Å². The van der Waals surface area contributed by atoms with E-state index in [1.807, 2.05) is 0 Å². The molecule has 1 amide bonds. The van der Waals surface area contributed by atoms with Crippen LogP contribution in [0.5, 0.6) is 0 Å². The van der Waals surface area contributed by atoms with Crippen LogP contribution in [-0.4, -0.2) is 45.7 Å². The second kappa shape index (κ2) is 7.06. The second-order valence-corrected chi connectivity index (χ2v) is 6.99. The SMILES string of the molecule is COC(=O)N1CCC(NS(=O)(=O)Cc2ccc(F)cc2)CC1. The molecule has 0 aliphatic carbocycles. The van der Waals surface area contributed by atoms with Gasteiger partial charge in [0.15, 0.2) is 0 Å². The van der Waals surface area contributed by atoms with Gasteiger partial charge < -0.3 is 9.64 Å². The van der Waals surface area contributed by atoms with Crippen molar-refractivity contribution in [3.63, 3.8) is 0 Å². The highest BCUT2D eigenvalue weighted by molar-refractivity contribution is 7.88. The van der Waals surface area contributed by atoms with Gasteiger partial charge in [0.05, 0.1) is 12.9 Å². The lowest BCUT2D eigenvalue weighted by Gasteiger charge is -2.31. The van der Waals surface area contributed by atoms with E-state index in [1.165, 1.54) is 31.4 Å². The summed E-state index contributed by atoms with van der Waals surface area (Å²) in [6, 6.07) is 5.17. The molecular formula is C14H19FN2O4S. The molecule has 0 atom stereocenters. The maximum atomic E-state index is 12.8. The third-order valence-electron chi connectivity index (χ3n) is 3.54. The molecule has 1 heterocycles. The van der Waals surface area contributed by atoms with Crippen molar-refractivity contribution >= 4 is 16.1 Å². The molecule has 1 saturated heterocycles. The van der Waals surface area contributed by atoms with Crippen molar-refractivity contribution in [1.82, 2.24) is 9.62 Å². The lowest BCUT2D eigenvalue weighted by atomic mass is 10.1. The number of benzene rings is 1. The van der Waals surface area contributed by atoms with Gasteiger partial charge in [0.2, 0.25) is 10.0 Å². The van der Waals surface area contributed by atoms with Crippen LogP contribution in [0.1, 0.15) is 18.4 Å². The molecule has 0 bridgehead atoms. The standard InChI is InChI=1S/C14H19FN2O4S/c1-21-14(18)17-8-6-13(7-9-17)16-22(19,20)10-11-2-4-12(15)5-3-11/h2-5,13,16H,6-10H2,1H3. The smallest absolute Gasteiger partial charge is 0.409 e. The van der Waals surface area contributed by atoms with Crippen molar-refractivity contribution in [1.29, 1.82) is 0 Å². The van der Waals surface area contributed by atoms with E-state index in [2.05, 4.69) is 9.46 Å². The summed E-state index contributed by atoms with van der Waals surface area (Å²) in [7, 11) is -2.18. The third-order valence-corrected chi connectivity index (χ3v) is 4.95. The Morgan fingerprint density at radius 1 is 1.32 bits per heavy atom. The Kier molecular flexibility index (Phi) is 5.36. The van der Waals surface area contributed by atoms with Crippen LogP contribution in [-0.2, 0) is 20.5 Å². The molecule has 1 aromatic carbocycles. The lowest BCUT2D eigenvalue weighted by molar-refractivity contribution is 0.111. The first-order valence-corrected chi connectivity index (χ1v) is 8.62. The average Bonchev–Trinajstić information content (AvgIpc) is 2.49. The molecule has 22 heavy (non-hydrogen) atoms. The highest BCUT2D eigenvalue weighted by atomic mass is 32.2. The highest BCUT2D eigenvalue weighted by Gasteiger charge is 2.26. The maximum absolute atomic E-state index is 12.8. The number of hydrogen-bond donors (Lipinski definition) is 1. The van der Waals surface area contributed by atoms with Crippen molar-refractivity contribution in [2.24, 2.45) is 0 Å². The van der Waals surface area contributed by atoms with E-state index < -0.39 is 21.9 Å². The van der Waals surface area contributed by atoms with Crippen LogP contribution in [0.4, 0.5) is 9.18 Å². The molecule has 0 radical (unpaired) electrons. The van der Waals surface area contributed by atoms with Gasteiger partial charge in [-0.2, -0.15) is 0 Å². The summed E-state index contributed by atoms with van der Waals surface area (Å²) in [6.45, 7) is 0.910. The van der Waals surface area contributed by atoms with Gasteiger partial charge in [0.1, 0.15) is 5.82 Å². The summed E-state index contributed by atoms with van der Waals surface area (Å²) in [4.78, 5) is 12.9. The van der Waals surface area contributed by atoms with E-state index >= 15 is 0 Å². The maximum Gasteiger partial charge on any atom is 0.409 e. The summed E-state index contributed by atoms with van der Waals surface area (Å²) >= 11 is 0. The first-order valence-electron chi connectivity index (χ1n) is 6.97. The normalized spacial score (nSPS) is 16.5. The second-order valence-electron chi connectivity index (χ2n) is 5.23. The molecule has 122 valence electrons. The number of rotatable bonds is 4. The zero-order valence-corrected chi connectivity index (χ0v) is 13.1. The van der Waals surface area contributed by atoms with Gasteiger partial charge in [0.25, 0.3) is 0 Å². The molecule has 8 heteroatoms. The Labute approximate surface area is 129 Å². The summed E-state index contributed by atoms with van der Waals surface area (Å²) in [5.74, 6) is -0.589. The number of likely N-dealkylation sites (tertiary alicyclic amines) is 1. The minimum absolute atomic E-state index is 0.190. The molecular weight excluding hydrogens is 311 g/mol. The lowest BCUT2D eigenvalue weighted by Crippen LogP contribution is -2.46. The number of sulfonamides is 1. The molecule has 1 aliphatic rings. The largest absolute Gasteiger partial charge is 0.453 e. The molecule has 0 unspecified atom stereocenters. The molecule has 2 rings (SSSR count). The van der Waals surface area contributed by atoms with Crippen LogP contribution in [0.25, 0.3) is 0 Å². The molecule has 6 nitrogen and oxygen atoms in total. The topological polar surface area (TPSA) is 75.7 Å². The molecule has 1 fully saturated rings. The summed E-state index contributed by atoms with van der Waals surface area (Å²) in [6.07, 6.45) is 0.683. The van der Waals surface area contributed by atoms with Gasteiger partial charge in [-0.1, -0.05) is 12.1 Å². The molecule has 1 N–H and O–H groups in total. The van der Waals surface area contributed by atoms with Crippen molar-refractivity contribution in [2.45, 2.75) is 24.6 Å². The van der Waals surface area contributed by atoms with Crippen molar-refractivity contribution in [2.75, 3.05) is 20.2 Å². The molecule has 1 aliphatic heterocycles. The molecule has 1 aromatic rings. The summed E-state index contributed by atoms with van der Waals surface area (Å²) in [5, 5.41) is 0. The van der Waals surface area contributed by atoms with E-state index in [4.69, 9.17) is 0 Å². The number of amides is 1. The Morgan fingerprint density at radius 2 is 1.91 bits per heavy atom. The van der Waals surface area contributed by atoms with Gasteiger partial charge in [-0.05, 0) is 30.5 Å². The van der Waals surface area contributed by atoms with E-state index in [9.17, 15) is 17.6 Å². The average molecular weight is 330 g/mol. The Hall–Kier alpha value is -1.67. The molecule has 0 spiro atoms. The van der Waals surface area contributed by atoms with E-state index in [1.54, 1.807) is 4.90 Å². The summed E-state index contributed by atoms with van der Waals surface area (Å²) in [5.41, 5.74) is 0.529. The number of nitrogens with zero attached hydrogens (tertiary/aromatic N) is 1. The number of piperidine rings is 1. The molecule has 0 aromatic heterocycles. The number of halogens is 1. The van der Waals surface area contributed by atoms with Crippen LogP contribution in [0.2, 0.25) is 0 Å². The van der Waals surface area contributed by atoms with Crippen molar-refractivity contribution in [3.8, 4) is 0 Å². The predicted octanol–water partition coefficient (Wildman–Crippen LogP) is 1.48.